The first kappa shape index (κ1) is 12.2. The molecule has 2 N–H and O–H groups in total. The maximum atomic E-state index is 11.2. The van der Waals surface area contributed by atoms with Crippen LogP contribution in [0.25, 0.3) is 0 Å². The number of nitrogens with zero attached hydrogens (tertiary/aromatic N) is 2. The van der Waals surface area contributed by atoms with E-state index in [2.05, 4.69) is 10.2 Å². The summed E-state index contributed by atoms with van der Waals surface area (Å²) < 4.78 is 4.70. The predicted molar refractivity (Wildman–Crippen MR) is 65.5 cm³/mol. The molecule has 2 rings (SSSR count). The third-order valence-corrected chi connectivity index (χ3v) is 4.16. The van der Waals surface area contributed by atoms with Crippen LogP contribution in [0.1, 0.15) is 19.3 Å². The predicted octanol–water partition coefficient (Wildman–Crippen LogP) is 1.49. The highest BCUT2D eigenvalue weighted by molar-refractivity contribution is 7.99. The molecule has 17 heavy (non-hydrogen) atoms. The molecule has 1 aromatic rings. The Labute approximate surface area is 104 Å². The monoisotopic (exact) mass is 253 g/mol. The van der Waals surface area contributed by atoms with Gasteiger partial charge < -0.3 is 10.5 Å². The number of carbonyl (C=O) groups is 1. The second-order valence-corrected chi connectivity index (χ2v) is 5.33. The Morgan fingerprint density at radius 2 is 2.29 bits per heavy atom. The largest absolute Gasteiger partial charge is 0.469 e. The molecule has 5 nitrogen and oxygen atoms in total. The van der Waals surface area contributed by atoms with Gasteiger partial charge in [0.15, 0.2) is 0 Å². The lowest BCUT2D eigenvalue weighted by atomic mass is 10.1. The van der Waals surface area contributed by atoms with Gasteiger partial charge in [-0.3, -0.25) is 4.79 Å². The molecule has 0 aromatic carbocycles. The number of nitrogen functional groups attached to an aromatic ring is 1. The molecule has 1 aliphatic carbocycles. The van der Waals surface area contributed by atoms with Gasteiger partial charge in [-0.15, -0.1) is 22.0 Å². The van der Waals surface area contributed by atoms with E-state index in [1.807, 2.05) is 6.07 Å². The number of methoxy groups -OCH3 is 1. The minimum atomic E-state index is -0.133. The number of carbonyl (C=O) groups excluding carboxylic acids is 1. The zero-order valence-corrected chi connectivity index (χ0v) is 10.5. The molecule has 0 spiro atoms. The van der Waals surface area contributed by atoms with Crippen LogP contribution in [0.2, 0.25) is 0 Å². The summed E-state index contributed by atoms with van der Waals surface area (Å²) in [6.45, 7) is 0. The Hall–Kier alpha value is -1.30. The fraction of sp³-hybridized carbons (Fsp3) is 0.545. The van der Waals surface area contributed by atoms with Crippen molar-refractivity contribution >= 4 is 23.5 Å². The average Bonchev–Trinajstić information content (AvgIpc) is 3.09. The van der Waals surface area contributed by atoms with E-state index in [4.69, 9.17) is 10.5 Å². The second kappa shape index (κ2) is 4.91. The molecule has 1 fully saturated rings. The minimum Gasteiger partial charge on any atom is -0.469 e. The first-order chi connectivity index (χ1) is 8.13. The van der Waals surface area contributed by atoms with Crippen molar-refractivity contribution in [2.75, 3.05) is 18.6 Å². The highest BCUT2D eigenvalue weighted by atomic mass is 32.2. The zero-order valence-electron chi connectivity index (χ0n) is 9.68. The van der Waals surface area contributed by atoms with Crippen LogP contribution in [0.3, 0.4) is 0 Å². The smallest absolute Gasteiger partial charge is 0.306 e. The number of rotatable bonds is 5. The van der Waals surface area contributed by atoms with Crippen molar-refractivity contribution in [3.8, 4) is 0 Å². The summed E-state index contributed by atoms with van der Waals surface area (Å²) in [6, 6.07) is 3.58. The van der Waals surface area contributed by atoms with Gasteiger partial charge >= 0.3 is 5.97 Å². The van der Waals surface area contributed by atoms with Gasteiger partial charge in [0.25, 0.3) is 0 Å². The molecule has 1 saturated carbocycles. The summed E-state index contributed by atoms with van der Waals surface area (Å²) in [6.07, 6.45) is 2.66. The lowest BCUT2D eigenvalue weighted by Crippen LogP contribution is -2.13. The van der Waals surface area contributed by atoms with Crippen LogP contribution in [0.15, 0.2) is 17.2 Å². The molecular formula is C11H15N3O2S. The van der Waals surface area contributed by atoms with Crippen LogP contribution >= 0.6 is 11.8 Å². The Morgan fingerprint density at radius 3 is 2.82 bits per heavy atom. The summed E-state index contributed by atoms with van der Waals surface area (Å²) in [7, 11) is 1.43. The summed E-state index contributed by atoms with van der Waals surface area (Å²) in [5.41, 5.74) is 5.57. The number of ether oxygens (including phenoxy) is 1. The number of hydrogen-bond acceptors (Lipinski definition) is 6. The summed E-state index contributed by atoms with van der Waals surface area (Å²) >= 11 is 1.61. The van der Waals surface area contributed by atoms with Crippen LogP contribution in [0, 0.1) is 5.41 Å². The Morgan fingerprint density at radius 1 is 1.53 bits per heavy atom. The van der Waals surface area contributed by atoms with Crippen LogP contribution in [0.4, 0.5) is 5.82 Å². The lowest BCUT2D eigenvalue weighted by molar-refractivity contribution is -0.141. The Bertz CT molecular complexity index is 404. The van der Waals surface area contributed by atoms with Crippen molar-refractivity contribution in [1.29, 1.82) is 0 Å². The number of anilines is 1. The summed E-state index contributed by atoms with van der Waals surface area (Å²) in [4.78, 5) is 11.2. The molecule has 0 amide bonds. The van der Waals surface area contributed by atoms with Gasteiger partial charge in [-0.1, -0.05) is 0 Å². The highest BCUT2D eigenvalue weighted by Crippen LogP contribution is 2.51. The molecule has 92 valence electrons. The summed E-state index contributed by atoms with van der Waals surface area (Å²) in [5.74, 6) is 1.16. The van der Waals surface area contributed by atoms with Gasteiger partial charge in [0.05, 0.1) is 13.5 Å². The molecule has 6 heteroatoms. The highest BCUT2D eigenvalue weighted by Gasteiger charge is 2.44. The number of nitrogens with two attached hydrogens (primary N) is 1. The standard InChI is InChI=1S/C11H15N3O2S/c1-16-10(15)6-11(4-5-11)7-17-9-3-2-8(12)13-14-9/h2-3H,4-7H2,1H3,(H2,12,13). The molecule has 1 aliphatic rings. The van der Waals surface area contributed by atoms with Gasteiger partial charge in [-0.25, -0.2) is 0 Å². The van der Waals surface area contributed by atoms with Crippen LogP contribution in [0.5, 0.6) is 0 Å². The lowest BCUT2D eigenvalue weighted by Gasteiger charge is -2.12. The molecule has 0 radical (unpaired) electrons. The van der Waals surface area contributed by atoms with Crippen molar-refractivity contribution in [3.63, 3.8) is 0 Å². The van der Waals surface area contributed by atoms with Gasteiger partial charge in [0.2, 0.25) is 0 Å². The summed E-state index contributed by atoms with van der Waals surface area (Å²) in [5, 5.41) is 8.62. The molecule has 1 aromatic heterocycles. The normalized spacial score (nSPS) is 16.5. The van der Waals surface area contributed by atoms with Crippen molar-refractivity contribution in [2.24, 2.45) is 5.41 Å². The number of hydrogen-bond donors (Lipinski definition) is 1. The van der Waals surface area contributed by atoms with E-state index < -0.39 is 0 Å². The molecule has 1 heterocycles. The minimum absolute atomic E-state index is 0.112. The van der Waals surface area contributed by atoms with Gasteiger partial charge in [0, 0.05) is 5.75 Å². The molecule has 0 aliphatic heterocycles. The second-order valence-electron chi connectivity index (χ2n) is 4.34. The van der Waals surface area contributed by atoms with Crippen LogP contribution in [-0.2, 0) is 9.53 Å². The average molecular weight is 253 g/mol. The van der Waals surface area contributed by atoms with E-state index in [1.165, 1.54) is 7.11 Å². The van der Waals surface area contributed by atoms with Crippen LogP contribution in [-0.4, -0.2) is 29.0 Å². The van der Waals surface area contributed by atoms with E-state index in [-0.39, 0.29) is 11.4 Å². The van der Waals surface area contributed by atoms with Crippen molar-refractivity contribution in [2.45, 2.75) is 24.3 Å². The molecule has 0 saturated heterocycles. The molecular weight excluding hydrogens is 238 g/mol. The first-order valence-electron chi connectivity index (χ1n) is 5.42. The Kier molecular flexibility index (Phi) is 3.51. The van der Waals surface area contributed by atoms with E-state index in [0.29, 0.717) is 12.2 Å². The van der Waals surface area contributed by atoms with Crippen molar-refractivity contribution in [1.82, 2.24) is 10.2 Å². The molecule has 0 atom stereocenters. The van der Waals surface area contributed by atoms with E-state index in [1.54, 1.807) is 17.8 Å². The number of thioether (sulfide) groups is 1. The maximum Gasteiger partial charge on any atom is 0.306 e. The zero-order chi connectivity index (χ0) is 12.3. The van der Waals surface area contributed by atoms with Crippen LogP contribution < -0.4 is 5.73 Å². The van der Waals surface area contributed by atoms with Crippen molar-refractivity contribution < 1.29 is 9.53 Å². The maximum absolute atomic E-state index is 11.2. The topological polar surface area (TPSA) is 78.1 Å². The third kappa shape index (κ3) is 3.33. The van der Waals surface area contributed by atoms with E-state index in [0.717, 1.165) is 23.6 Å². The number of esters is 1. The van der Waals surface area contributed by atoms with Gasteiger partial charge in [0.1, 0.15) is 10.8 Å². The van der Waals surface area contributed by atoms with Gasteiger partial charge in [-0.05, 0) is 30.4 Å². The molecule has 0 unspecified atom stereocenters. The first-order valence-corrected chi connectivity index (χ1v) is 6.41. The fourth-order valence-electron chi connectivity index (χ4n) is 1.56. The Balaban J connectivity index is 1.85. The quantitative estimate of drug-likeness (QED) is 0.633. The SMILES string of the molecule is COC(=O)CC1(CSc2ccc(N)nn2)CC1. The number of aromatic nitrogens is 2. The van der Waals surface area contributed by atoms with E-state index in [9.17, 15) is 4.79 Å². The third-order valence-electron chi connectivity index (χ3n) is 2.89. The fourth-order valence-corrected chi connectivity index (χ4v) is 2.67. The van der Waals surface area contributed by atoms with Crippen molar-refractivity contribution in [3.05, 3.63) is 12.1 Å². The van der Waals surface area contributed by atoms with E-state index >= 15 is 0 Å². The molecule has 0 bridgehead atoms. The van der Waals surface area contributed by atoms with Gasteiger partial charge in [-0.2, -0.15) is 0 Å².